The van der Waals surface area contributed by atoms with Gasteiger partial charge in [0, 0.05) is 29.2 Å². The summed E-state index contributed by atoms with van der Waals surface area (Å²) < 4.78 is 7.03. The summed E-state index contributed by atoms with van der Waals surface area (Å²) in [5.41, 5.74) is 7.05. The molecule has 0 amide bonds. The third-order valence-electron chi connectivity index (χ3n) is 2.73. The minimum Gasteiger partial charge on any atom is -0.371 e. The number of rotatable bonds is 6. The first-order valence-corrected chi connectivity index (χ1v) is 7.80. The normalized spacial score (nSPS) is 14.3. The zero-order chi connectivity index (χ0) is 13.7. The molecule has 0 saturated heterocycles. The van der Waals surface area contributed by atoms with E-state index >= 15 is 0 Å². The summed E-state index contributed by atoms with van der Waals surface area (Å²) in [6.45, 7) is 2.60. The lowest BCUT2D eigenvalue weighted by Gasteiger charge is -2.20. The second-order valence-corrected chi connectivity index (χ2v) is 6.86. The van der Waals surface area contributed by atoms with Crippen LogP contribution in [0.1, 0.15) is 23.6 Å². The van der Waals surface area contributed by atoms with E-state index < -0.39 is 0 Å². The van der Waals surface area contributed by atoms with Crippen molar-refractivity contribution in [1.82, 2.24) is 4.98 Å². The Labute approximate surface area is 125 Å². The Balaban J connectivity index is 1.91. The van der Waals surface area contributed by atoms with Crippen molar-refractivity contribution >= 4 is 27.3 Å². The van der Waals surface area contributed by atoms with Gasteiger partial charge in [-0.3, -0.25) is 4.98 Å². The molecular weight excluding hydrogens is 324 g/mol. The lowest BCUT2D eigenvalue weighted by molar-refractivity contribution is 0.0424. The summed E-state index contributed by atoms with van der Waals surface area (Å²) in [7, 11) is 0. The minimum absolute atomic E-state index is 0.0331. The number of hydrogen-bond donors (Lipinski definition) is 1. The summed E-state index contributed by atoms with van der Waals surface area (Å²) in [6.07, 6.45) is 2.55. The molecule has 5 heteroatoms. The molecule has 0 radical (unpaired) electrons. The molecule has 0 saturated carbocycles. The van der Waals surface area contributed by atoms with Gasteiger partial charge in [0.05, 0.1) is 10.4 Å². The predicted molar refractivity (Wildman–Crippen MR) is 82.3 cm³/mol. The summed E-state index contributed by atoms with van der Waals surface area (Å²) in [6, 6.07) is 9.96. The van der Waals surface area contributed by atoms with Gasteiger partial charge < -0.3 is 10.5 Å². The molecule has 0 aliphatic heterocycles. The fraction of sp³-hybridized carbons (Fsp3) is 0.357. The first kappa shape index (κ1) is 14.7. The fourth-order valence-electron chi connectivity index (χ4n) is 1.81. The average molecular weight is 341 g/mol. The van der Waals surface area contributed by atoms with Crippen LogP contribution < -0.4 is 5.73 Å². The average Bonchev–Trinajstić information content (AvgIpc) is 2.82. The maximum Gasteiger partial charge on any atom is 0.106 e. The molecular formula is C14H17BrN2OS. The van der Waals surface area contributed by atoms with Crippen LogP contribution in [0.3, 0.4) is 0 Å². The summed E-state index contributed by atoms with van der Waals surface area (Å²) >= 11 is 5.13. The van der Waals surface area contributed by atoms with Crippen molar-refractivity contribution in [2.24, 2.45) is 5.73 Å². The Morgan fingerprint density at radius 1 is 1.37 bits per heavy atom. The van der Waals surface area contributed by atoms with Crippen molar-refractivity contribution in [2.75, 3.05) is 6.61 Å². The Morgan fingerprint density at radius 2 is 2.21 bits per heavy atom. The molecule has 2 unspecified atom stereocenters. The van der Waals surface area contributed by atoms with Crippen LogP contribution >= 0.6 is 27.3 Å². The van der Waals surface area contributed by atoms with E-state index in [2.05, 4.69) is 27.0 Å². The van der Waals surface area contributed by atoms with Gasteiger partial charge in [0.25, 0.3) is 0 Å². The van der Waals surface area contributed by atoms with E-state index in [0.717, 1.165) is 20.8 Å². The topological polar surface area (TPSA) is 48.1 Å². The molecule has 102 valence electrons. The lowest BCUT2D eigenvalue weighted by Crippen LogP contribution is -2.27. The maximum absolute atomic E-state index is 6.01. The highest BCUT2D eigenvalue weighted by Crippen LogP contribution is 2.30. The van der Waals surface area contributed by atoms with Gasteiger partial charge in [-0.05, 0) is 47.1 Å². The summed E-state index contributed by atoms with van der Waals surface area (Å²) in [5.74, 6) is 0. The zero-order valence-electron chi connectivity index (χ0n) is 10.8. The number of halogens is 1. The van der Waals surface area contributed by atoms with E-state index in [0.29, 0.717) is 6.61 Å². The van der Waals surface area contributed by atoms with Crippen LogP contribution in [0.5, 0.6) is 0 Å². The van der Waals surface area contributed by atoms with Crippen molar-refractivity contribution in [1.29, 1.82) is 0 Å². The highest BCUT2D eigenvalue weighted by atomic mass is 79.9. The molecule has 0 aliphatic carbocycles. The first-order chi connectivity index (χ1) is 9.16. The molecule has 0 fully saturated rings. The van der Waals surface area contributed by atoms with Crippen LogP contribution in [0.4, 0.5) is 0 Å². The second-order valence-electron chi connectivity index (χ2n) is 4.36. The predicted octanol–water partition coefficient (Wildman–Crippen LogP) is 3.55. The smallest absolute Gasteiger partial charge is 0.106 e. The van der Waals surface area contributed by atoms with Gasteiger partial charge in [-0.1, -0.05) is 6.07 Å². The number of hydrogen-bond acceptors (Lipinski definition) is 4. The van der Waals surface area contributed by atoms with Crippen LogP contribution in [0.2, 0.25) is 0 Å². The Hall–Kier alpha value is -0.750. The van der Waals surface area contributed by atoms with Crippen molar-refractivity contribution in [3.05, 3.63) is 50.9 Å². The molecule has 2 N–H and O–H groups in total. The van der Waals surface area contributed by atoms with Gasteiger partial charge in [-0.25, -0.2) is 0 Å². The van der Waals surface area contributed by atoms with Crippen molar-refractivity contribution < 1.29 is 4.74 Å². The van der Waals surface area contributed by atoms with Gasteiger partial charge in [0.15, 0.2) is 0 Å². The number of thiophene rings is 1. The van der Waals surface area contributed by atoms with E-state index in [-0.39, 0.29) is 12.1 Å². The third-order valence-corrected chi connectivity index (χ3v) is 4.42. The van der Waals surface area contributed by atoms with Crippen molar-refractivity contribution in [3.63, 3.8) is 0 Å². The number of nitrogens with two attached hydrogens (primary N) is 1. The molecule has 2 aromatic heterocycles. The van der Waals surface area contributed by atoms with Crippen LogP contribution in [0, 0.1) is 0 Å². The lowest BCUT2D eigenvalue weighted by atomic mass is 10.1. The van der Waals surface area contributed by atoms with E-state index in [1.54, 1.807) is 17.5 Å². The third kappa shape index (κ3) is 4.38. The Kier molecular flexibility index (Phi) is 5.51. The van der Waals surface area contributed by atoms with Crippen LogP contribution in [0.25, 0.3) is 0 Å². The van der Waals surface area contributed by atoms with E-state index in [1.165, 1.54) is 0 Å². The van der Waals surface area contributed by atoms with Gasteiger partial charge in [0.1, 0.15) is 6.10 Å². The van der Waals surface area contributed by atoms with Crippen LogP contribution in [0.15, 0.2) is 40.3 Å². The van der Waals surface area contributed by atoms with Crippen LogP contribution in [-0.4, -0.2) is 17.6 Å². The van der Waals surface area contributed by atoms with Gasteiger partial charge in [0.2, 0.25) is 0 Å². The van der Waals surface area contributed by atoms with E-state index in [1.807, 2.05) is 31.2 Å². The molecule has 2 rings (SSSR count). The molecule has 0 aliphatic rings. The first-order valence-electron chi connectivity index (χ1n) is 6.19. The van der Waals surface area contributed by atoms with Gasteiger partial charge in [-0.15, -0.1) is 11.3 Å². The largest absolute Gasteiger partial charge is 0.371 e. The Morgan fingerprint density at radius 3 is 2.79 bits per heavy atom. The highest BCUT2D eigenvalue weighted by molar-refractivity contribution is 9.11. The van der Waals surface area contributed by atoms with E-state index in [4.69, 9.17) is 10.5 Å². The monoisotopic (exact) mass is 340 g/mol. The number of nitrogens with zero attached hydrogens (tertiary/aromatic N) is 1. The van der Waals surface area contributed by atoms with Crippen molar-refractivity contribution in [2.45, 2.75) is 25.5 Å². The fourth-order valence-corrected chi connectivity index (χ4v) is 3.40. The standard InChI is InChI=1S/C14H17BrN2OS/c1-10(16)14(12-5-6-13(15)19-12)18-9-7-11-4-2-3-8-17-11/h2-6,8,10,14H,7,9,16H2,1H3. The van der Waals surface area contributed by atoms with E-state index in [9.17, 15) is 0 Å². The highest BCUT2D eigenvalue weighted by Gasteiger charge is 2.18. The molecule has 2 atom stereocenters. The molecule has 0 aromatic carbocycles. The number of pyridine rings is 1. The molecule has 3 nitrogen and oxygen atoms in total. The van der Waals surface area contributed by atoms with Crippen molar-refractivity contribution in [3.8, 4) is 0 Å². The number of aromatic nitrogens is 1. The Bertz CT molecular complexity index is 501. The summed E-state index contributed by atoms with van der Waals surface area (Å²) in [5, 5.41) is 0. The number of ether oxygens (including phenoxy) is 1. The van der Waals surface area contributed by atoms with Gasteiger partial charge >= 0.3 is 0 Å². The zero-order valence-corrected chi connectivity index (χ0v) is 13.2. The van der Waals surface area contributed by atoms with Gasteiger partial charge in [-0.2, -0.15) is 0 Å². The SMILES string of the molecule is CC(N)C(OCCc1ccccn1)c1ccc(Br)s1. The molecule has 0 bridgehead atoms. The molecule has 2 aromatic rings. The molecule has 2 heterocycles. The van der Waals surface area contributed by atoms with Crippen LogP contribution in [-0.2, 0) is 11.2 Å². The second kappa shape index (κ2) is 7.14. The maximum atomic E-state index is 6.01. The molecule has 19 heavy (non-hydrogen) atoms. The minimum atomic E-state index is -0.0555. The molecule has 0 spiro atoms. The summed E-state index contributed by atoms with van der Waals surface area (Å²) in [4.78, 5) is 5.44. The quantitative estimate of drug-likeness (QED) is 0.874.